The van der Waals surface area contributed by atoms with E-state index in [1.54, 1.807) is 0 Å². The zero-order valence-electron chi connectivity index (χ0n) is 9.72. The summed E-state index contributed by atoms with van der Waals surface area (Å²) in [4.78, 5) is 17.2. The van der Waals surface area contributed by atoms with E-state index in [9.17, 15) is 4.79 Å². The molecule has 0 aromatic carbocycles. The molecular formula is C11H18N4O. The third kappa shape index (κ3) is 2.23. The average molecular weight is 222 g/mol. The van der Waals surface area contributed by atoms with Crippen LogP contribution >= 0.6 is 0 Å². The fraction of sp³-hybridized carbons (Fsp3) is 0.727. The van der Waals surface area contributed by atoms with Gasteiger partial charge in [-0.3, -0.25) is 4.79 Å². The highest BCUT2D eigenvalue weighted by Gasteiger charge is 2.19. The lowest BCUT2D eigenvalue weighted by molar-refractivity contribution is 0.111. The Balaban J connectivity index is 2.18. The van der Waals surface area contributed by atoms with E-state index < -0.39 is 0 Å². The summed E-state index contributed by atoms with van der Waals surface area (Å²) in [7, 11) is 0. The van der Waals surface area contributed by atoms with Crippen LogP contribution in [-0.2, 0) is 6.54 Å². The first-order valence-corrected chi connectivity index (χ1v) is 6.00. The molecule has 0 radical (unpaired) electrons. The minimum Gasteiger partial charge on any atom is -0.341 e. The normalized spacial score (nSPS) is 15.7. The van der Waals surface area contributed by atoms with Gasteiger partial charge in [0.1, 0.15) is 0 Å². The molecule has 1 aromatic rings. The highest BCUT2D eigenvalue weighted by Crippen LogP contribution is 2.18. The van der Waals surface area contributed by atoms with E-state index in [1.807, 2.05) is 4.68 Å². The smallest absolute Gasteiger partial charge is 0.224 e. The van der Waals surface area contributed by atoms with Crippen molar-refractivity contribution in [1.29, 1.82) is 0 Å². The SMILES string of the molecule is CCCCn1nc(C=O)nc1N1CCCC1. The summed E-state index contributed by atoms with van der Waals surface area (Å²) in [6, 6.07) is 0. The molecule has 1 fully saturated rings. The number of carbonyl (C=O) groups excluding carboxylic acids is 1. The van der Waals surface area contributed by atoms with Gasteiger partial charge < -0.3 is 4.90 Å². The minimum atomic E-state index is 0.304. The van der Waals surface area contributed by atoms with Crippen molar-refractivity contribution >= 4 is 12.2 Å². The van der Waals surface area contributed by atoms with Crippen molar-refractivity contribution in [1.82, 2.24) is 14.8 Å². The molecular weight excluding hydrogens is 204 g/mol. The predicted octanol–water partition coefficient (Wildman–Crippen LogP) is 1.49. The van der Waals surface area contributed by atoms with Crippen molar-refractivity contribution in [2.45, 2.75) is 39.2 Å². The molecule has 1 saturated heterocycles. The molecule has 2 heterocycles. The van der Waals surface area contributed by atoms with Gasteiger partial charge >= 0.3 is 0 Å². The number of rotatable bonds is 5. The first-order chi connectivity index (χ1) is 7.85. The van der Waals surface area contributed by atoms with Crippen LogP contribution < -0.4 is 4.90 Å². The minimum absolute atomic E-state index is 0.304. The van der Waals surface area contributed by atoms with Crippen LogP contribution in [0.3, 0.4) is 0 Å². The van der Waals surface area contributed by atoms with Gasteiger partial charge in [0.15, 0.2) is 6.29 Å². The summed E-state index contributed by atoms with van der Waals surface area (Å²) in [5, 5.41) is 4.21. The van der Waals surface area contributed by atoms with E-state index in [0.717, 1.165) is 44.7 Å². The second kappa shape index (κ2) is 5.09. The third-order valence-corrected chi connectivity index (χ3v) is 2.89. The molecule has 1 aromatic heterocycles. The molecule has 0 atom stereocenters. The van der Waals surface area contributed by atoms with Crippen LogP contribution in [0.15, 0.2) is 0 Å². The Morgan fingerprint density at radius 3 is 2.75 bits per heavy atom. The van der Waals surface area contributed by atoms with Gasteiger partial charge in [0.05, 0.1) is 0 Å². The van der Waals surface area contributed by atoms with Crippen LogP contribution in [0.1, 0.15) is 43.2 Å². The van der Waals surface area contributed by atoms with E-state index >= 15 is 0 Å². The second-order valence-electron chi connectivity index (χ2n) is 4.16. The molecule has 0 aliphatic carbocycles. The number of hydrogen-bond acceptors (Lipinski definition) is 4. The molecule has 5 nitrogen and oxygen atoms in total. The number of carbonyl (C=O) groups is 1. The first-order valence-electron chi connectivity index (χ1n) is 6.00. The Bertz CT molecular complexity index is 355. The van der Waals surface area contributed by atoms with Gasteiger partial charge in [0.25, 0.3) is 0 Å². The van der Waals surface area contributed by atoms with Gasteiger partial charge in [-0.15, -0.1) is 5.10 Å². The van der Waals surface area contributed by atoms with E-state index in [2.05, 4.69) is 21.9 Å². The van der Waals surface area contributed by atoms with Crippen molar-refractivity contribution in [2.24, 2.45) is 0 Å². The lowest BCUT2D eigenvalue weighted by Crippen LogP contribution is -2.22. The van der Waals surface area contributed by atoms with Crippen LogP contribution in [-0.4, -0.2) is 34.1 Å². The molecule has 1 aliphatic heterocycles. The van der Waals surface area contributed by atoms with Crippen LogP contribution in [0.25, 0.3) is 0 Å². The summed E-state index contributed by atoms with van der Waals surface area (Å²) in [6.07, 6.45) is 5.33. The lowest BCUT2D eigenvalue weighted by atomic mass is 10.3. The summed E-state index contributed by atoms with van der Waals surface area (Å²) in [5.41, 5.74) is 0. The van der Waals surface area contributed by atoms with Gasteiger partial charge in [-0.2, -0.15) is 4.98 Å². The Morgan fingerprint density at radius 1 is 1.38 bits per heavy atom. The zero-order valence-corrected chi connectivity index (χ0v) is 9.72. The Kier molecular flexibility index (Phi) is 3.54. The Morgan fingerprint density at radius 2 is 2.12 bits per heavy atom. The second-order valence-corrected chi connectivity index (χ2v) is 4.16. The summed E-state index contributed by atoms with van der Waals surface area (Å²) in [5.74, 6) is 1.17. The molecule has 0 spiro atoms. The number of unbranched alkanes of at least 4 members (excludes halogenated alkanes) is 1. The fourth-order valence-electron chi connectivity index (χ4n) is 2.01. The first kappa shape index (κ1) is 11.1. The van der Waals surface area contributed by atoms with Crippen LogP contribution in [0.2, 0.25) is 0 Å². The molecule has 0 amide bonds. The quantitative estimate of drug-likeness (QED) is 0.708. The number of aldehydes is 1. The fourth-order valence-corrected chi connectivity index (χ4v) is 2.01. The number of nitrogens with zero attached hydrogens (tertiary/aromatic N) is 4. The zero-order chi connectivity index (χ0) is 11.4. The van der Waals surface area contributed by atoms with Gasteiger partial charge in [-0.25, -0.2) is 4.68 Å². The lowest BCUT2D eigenvalue weighted by Gasteiger charge is -2.16. The third-order valence-electron chi connectivity index (χ3n) is 2.89. The topological polar surface area (TPSA) is 51.0 Å². The Labute approximate surface area is 95.5 Å². The summed E-state index contributed by atoms with van der Waals surface area (Å²) >= 11 is 0. The standard InChI is InChI=1S/C11H18N4O/c1-2-3-8-15-11(12-10(9-16)13-15)14-6-4-5-7-14/h9H,2-8H2,1H3. The van der Waals surface area contributed by atoms with E-state index in [-0.39, 0.29) is 0 Å². The molecule has 0 saturated carbocycles. The maximum absolute atomic E-state index is 10.7. The molecule has 0 bridgehead atoms. The number of hydrogen-bond donors (Lipinski definition) is 0. The van der Waals surface area contributed by atoms with Crippen molar-refractivity contribution in [3.63, 3.8) is 0 Å². The van der Waals surface area contributed by atoms with Gasteiger partial charge in [0.2, 0.25) is 11.8 Å². The predicted molar refractivity (Wildman–Crippen MR) is 61.8 cm³/mol. The molecule has 0 unspecified atom stereocenters. The van der Waals surface area contributed by atoms with Crippen LogP contribution in [0.4, 0.5) is 5.95 Å². The molecule has 16 heavy (non-hydrogen) atoms. The average Bonchev–Trinajstić information content (AvgIpc) is 2.94. The maximum atomic E-state index is 10.7. The van der Waals surface area contributed by atoms with E-state index in [1.165, 1.54) is 12.8 Å². The van der Waals surface area contributed by atoms with Gasteiger partial charge in [-0.05, 0) is 19.3 Å². The Hall–Kier alpha value is -1.39. The summed E-state index contributed by atoms with van der Waals surface area (Å²) in [6.45, 7) is 5.06. The van der Waals surface area contributed by atoms with Gasteiger partial charge in [0, 0.05) is 19.6 Å². The van der Waals surface area contributed by atoms with Crippen molar-refractivity contribution in [2.75, 3.05) is 18.0 Å². The van der Waals surface area contributed by atoms with Crippen LogP contribution in [0, 0.1) is 0 Å². The largest absolute Gasteiger partial charge is 0.341 e. The highest BCUT2D eigenvalue weighted by atomic mass is 16.1. The van der Waals surface area contributed by atoms with Crippen molar-refractivity contribution in [3.8, 4) is 0 Å². The number of aryl methyl sites for hydroxylation is 1. The number of aromatic nitrogens is 3. The maximum Gasteiger partial charge on any atom is 0.224 e. The highest BCUT2D eigenvalue weighted by molar-refractivity contribution is 5.69. The van der Waals surface area contributed by atoms with Crippen molar-refractivity contribution in [3.05, 3.63) is 5.82 Å². The van der Waals surface area contributed by atoms with E-state index in [4.69, 9.17) is 0 Å². The molecule has 88 valence electrons. The monoisotopic (exact) mass is 222 g/mol. The molecule has 5 heteroatoms. The molecule has 1 aliphatic rings. The molecule has 0 N–H and O–H groups in total. The van der Waals surface area contributed by atoms with Crippen LogP contribution in [0.5, 0.6) is 0 Å². The summed E-state index contributed by atoms with van der Waals surface area (Å²) < 4.78 is 1.87. The number of anilines is 1. The van der Waals surface area contributed by atoms with Gasteiger partial charge in [-0.1, -0.05) is 13.3 Å². The molecule has 2 rings (SSSR count). The van der Waals surface area contributed by atoms with E-state index in [0.29, 0.717) is 5.82 Å². The van der Waals surface area contributed by atoms with Crippen molar-refractivity contribution < 1.29 is 4.79 Å².